The number of hydrogen-bond acceptors (Lipinski definition) is 1. The molecule has 7 rings (SSSR count). The van der Waals surface area contributed by atoms with Gasteiger partial charge in [-0.1, -0.05) is 146 Å². The summed E-state index contributed by atoms with van der Waals surface area (Å²) in [5, 5.41) is 16.0. The lowest BCUT2D eigenvalue weighted by molar-refractivity contribution is 1.42. The van der Waals surface area contributed by atoms with Gasteiger partial charge in [-0.05, 0) is 95.9 Å². The van der Waals surface area contributed by atoms with Crippen LogP contribution in [0.2, 0.25) is 0 Å². The zero-order valence-corrected chi connectivity index (χ0v) is 24.1. The van der Waals surface area contributed by atoms with E-state index in [1.54, 1.807) is 6.08 Å². The molecule has 0 spiro atoms. The van der Waals surface area contributed by atoms with Gasteiger partial charge in [0.05, 0.1) is 5.71 Å². The zero-order chi connectivity index (χ0) is 29.3. The molecule has 0 atom stereocenters. The topological polar surface area (TPSA) is 23.9 Å². The second kappa shape index (κ2) is 11.0. The molecule has 0 amide bonds. The van der Waals surface area contributed by atoms with E-state index in [2.05, 4.69) is 134 Å². The van der Waals surface area contributed by atoms with Crippen LogP contribution in [-0.2, 0) is 0 Å². The molecular formula is C42H31N. The number of rotatable bonds is 6. The highest BCUT2D eigenvalue weighted by Crippen LogP contribution is 2.44. The Kier molecular flexibility index (Phi) is 6.77. The van der Waals surface area contributed by atoms with Crippen LogP contribution in [0.25, 0.3) is 65.7 Å². The second-order valence-corrected chi connectivity index (χ2v) is 11.0. The van der Waals surface area contributed by atoms with Crippen LogP contribution in [0.4, 0.5) is 0 Å². The largest absolute Gasteiger partial charge is 0.300 e. The minimum atomic E-state index is 0.521. The SMILES string of the molecule is C=C/C=C(/C)C(=N)c1ccc(-c2ccc3ccc(-c4c5ccccc5c(-c5ccccc5)c5ccccc45)cc3c2)cc1. The van der Waals surface area contributed by atoms with Gasteiger partial charge in [-0.2, -0.15) is 0 Å². The molecule has 0 bridgehead atoms. The molecule has 7 aromatic rings. The number of allylic oxidation sites excluding steroid dienone is 3. The Morgan fingerprint density at radius 1 is 0.512 bits per heavy atom. The Bertz CT molecular complexity index is 2140. The maximum absolute atomic E-state index is 8.49. The summed E-state index contributed by atoms with van der Waals surface area (Å²) in [5.41, 5.74) is 9.62. The average molecular weight is 550 g/mol. The highest BCUT2D eigenvalue weighted by Gasteiger charge is 2.16. The third kappa shape index (κ3) is 4.75. The maximum atomic E-state index is 8.49. The van der Waals surface area contributed by atoms with Crippen LogP contribution in [0.5, 0.6) is 0 Å². The van der Waals surface area contributed by atoms with Crippen molar-refractivity contribution in [2.75, 3.05) is 0 Å². The molecule has 0 unspecified atom stereocenters. The lowest BCUT2D eigenvalue weighted by Crippen LogP contribution is -2.00. The highest BCUT2D eigenvalue weighted by molar-refractivity contribution is 6.21. The molecule has 1 N–H and O–H groups in total. The van der Waals surface area contributed by atoms with Crippen molar-refractivity contribution in [3.8, 4) is 33.4 Å². The van der Waals surface area contributed by atoms with Gasteiger partial charge in [-0.3, -0.25) is 5.41 Å². The Balaban J connectivity index is 1.37. The molecule has 0 radical (unpaired) electrons. The maximum Gasteiger partial charge on any atom is 0.0641 e. The molecule has 7 aromatic carbocycles. The molecule has 204 valence electrons. The third-order valence-electron chi connectivity index (χ3n) is 8.39. The Hall–Kier alpha value is -5.53. The van der Waals surface area contributed by atoms with Crippen molar-refractivity contribution in [3.63, 3.8) is 0 Å². The molecule has 0 aromatic heterocycles. The minimum Gasteiger partial charge on any atom is -0.300 e. The van der Waals surface area contributed by atoms with Crippen LogP contribution in [-0.4, -0.2) is 5.71 Å². The minimum absolute atomic E-state index is 0.521. The average Bonchev–Trinajstić information content (AvgIpc) is 3.07. The van der Waals surface area contributed by atoms with Crippen molar-refractivity contribution >= 4 is 38.0 Å². The third-order valence-corrected chi connectivity index (χ3v) is 8.39. The van der Waals surface area contributed by atoms with Crippen LogP contribution in [0.15, 0.2) is 164 Å². The number of benzene rings is 7. The van der Waals surface area contributed by atoms with Crippen molar-refractivity contribution in [3.05, 3.63) is 169 Å². The first-order valence-corrected chi connectivity index (χ1v) is 14.6. The van der Waals surface area contributed by atoms with Crippen LogP contribution in [0.1, 0.15) is 12.5 Å². The van der Waals surface area contributed by atoms with E-state index in [1.807, 2.05) is 25.1 Å². The van der Waals surface area contributed by atoms with Crippen LogP contribution in [0.3, 0.4) is 0 Å². The van der Waals surface area contributed by atoms with Crippen molar-refractivity contribution in [1.82, 2.24) is 0 Å². The molecule has 0 aliphatic carbocycles. The van der Waals surface area contributed by atoms with E-state index in [-0.39, 0.29) is 0 Å². The molecule has 0 saturated carbocycles. The van der Waals surface area contributed by atoms with Crippen LogP contribution in [0, 0.1) is 5.41 Å². The fourth-order valence-electron chi connectivity index (χ4n) is 6.25. The Morgan fingerprint density at radius 2 is 1.00 bits per heavy atom. The molecular weight excluding hydrogens is 518 g/mol. The van der Waals surface area contributed by atoms with Gasteiger partial charge in [-0.15, -0.1) is 0 Å². The molecule has 0 saturated heterocycles. The first-order chi connectivity index (χ1) is 21.1. The predicted molar refractivity (Wildman–Crippen MR) is 186 cm³/mol. The second-order valence-electron chi connectivity index (χ2n) is 11.0. The standard InChI is InChI=1S/C42H31N/c1-3-11-28(2)42(43)32-22-18-29(19-23-32)33-24-20-30-21-25-34(27-35(30)26-33)41-38-16-9-7-14-36(38)40(31-12-5-4-6-13-31)37-15-8-10-17-39(37)41/h3-27,43H,1H2,2H3/b28-11-,43-42?. The summed E-state index contributed by atoms with van der Waals surface area (Å²) in [6, 6.07) is 50.1. The first kappa shape index (κ1) is 26.4. The number of fused-ring (bicyclic) bond motifs is 3. The van der Waals surface area contributed by atoms with Crippen molar-refractivity contribution in [1.29, 1.82) is 5.41 Å². The Labute approximate surface area is 252 Å². The van der Waals surface area contributed by atoms with Gasteiger partial charge in [0, 0.05) is 0 Å². The van der Waals surface area contributed by atoms with Gasteiger partial charge in [0.25, 0.3) is 0 Å². The molecule has 0 fully saturated rings. The van der Waals surface area contributed by atoms with Gasteiger partial charge in [-0.25, -0.2) is 0 Å². The molecule has 0 aliphatic rings. The molecule has 0 heterocycles. The molecule has 43 heavy (non-hydrogen) atoms. The number of nitrogens with one attached hydrogen (secondary N) is 1. The van der Waals surface area contributed by atoms with E-state index in [0.29, 0.717) is 5.71 Å². The van der Waals surface area contributed by atoms with Gasteiger partial charge >= 0.3 is 0 Å². The quantitative estimate of drug-likeness (QED) is 0.121. The van der Waals surface area contributed by atoms with Crippen molar-refractivity contribution in [2.24, 2.45) is 0 Å². The summed E-state index contributed by atoms with van der Waals surface area (Å²) >= 11 is 0. The van der Waals surface area contributed by atoms with Crippen molar-refractivity contribution < 1.29 is 0 Å². The fraction of sp³-hybridized carbons (Fsp3) is 0.0238. The molecule has 1 heteroatoms. The highest BCUT2D eigenvalue weighted by atomic mass is 14.4. The zero-order valence-electron chi connectivity index (χ0n) is 24.1. The Morgan fingerprint density at radius 3 is 1.58 bits per heavy atom. The van der Waals surface area contributed by atoms with Gasteiger partial charge in [0.1, 0.15) is 0 Å². The summed E-state index contributed by atoms with van der Waals surface area (Å²) < 4.78 is 0. The summed E-state index contributed by atoms with van der Waals surface area (Å²) in [4.78, 5) is 0. The van der Waals surface area contributed by atoms with E-state index < -0.39 is 0 Å². The summed E-state index contributed by atoms with van der Waals surface area (Å²) in [6.45, 7) is 5.70. The monoisotopic (exact) mass is 549 g/mol. The lowest BCUT2D eigenvalue weighted by Gasteiger charge is -2.18. The van der Waals surface area contributed by atoms with E-state index in [4.69, 9.17) is 5.41 Å². The summed E-state index contributed by atoms with van der Waals surface area (Å²) in [7, 11) is 0. The molecule has 0 aliphatic heterocycles. The summed E-state index contributed by atoms with van der Waals surface area (Å²) in [6.07, 6.45) is 3.60. The van der Waals surface area contributed by atoms with E-state index in [1.165, 1.54) is 54.6 Å². The fourth-order valence-corrected chi connectivity index (χ4v) is 6.25. The smallest absolute Gasteiger partial charge is 0.0641 e. The normalized spacial score (nSPS) is 11.7. The van der Waals surface area contributed by atoms with Gasteiger partial charge in [0.2, 0.25) is 0 Å². The van der Waals surface area contributed by atoms with Crippen LogP contribution >= 0.6 is 0 Å². The van der Waals surface area contributed by atoms with E-state index in [9.17, 15) is 0 Å². The summed E-state index contributed by atoms with van der Waals surface area (Å²) in [5.74, 6) is 0. The first-order valence-electron chi connectivity index (χ1n) is 14.6. The van der Waals surface area contributed by atoms with Crippen LogP contribution < -0.4 is 0 Å². The number of hydrogen-bond donors (Lipinski definition) is 1. The predicted octanol–water partition coefficient (Wildman–Crippen LogP) is 11.6. The molecule has 1 nitrogen and oxygen atoms in total. The van der Waals surface area contributed by atoms with Gasteiger partial charge < -0.3 is 0 Å². The van der Waals surface area contributed by atoms with Gasteiger partial charge in [0.15, 0.2) is 0 Å². The van der Waals surface area contributed by atoms with E-state index in [0.717, 1.165) is 22.3 Å². The van der Waals surface area contributed by atoms with E-state index >= 15 is 0 Å². The van der Waals surface area contributed by atoms with Crippen molar-refractivity contribution in [2.45, 2.75) is 6.92 Å². The lowest BCUT2D eigenvalue weighted by atomic mass is 9.85.